The fraction of sp³-hybridized carbons (Fsp3) is 0.752. The number of nitrogens with zero attached hydrogens (tertiary/aromatic N) is 8. The molecule has 4 rings (SSSR count). The SMILES string of the molecule is CC(C)C[C@@H](C(=O)N(C)[C@H](C(=O)O)C(C)C)N(C)C(=O)OC(C)(C)C.CC[C@H](C)[C@@H]([C@@H](CC(=O)N1CCC[C@H]1[C@H](OC)[C@@H](C)C(=O)N[C@@H](Cc1ccccc1)C(=O)OC)OC)N(C)C(=O)[C@@H](CC(=O)[C@H](C(C)C)N(C)C(=O)[C@H](CC(C)C)N(C)C(=O)OC(C)(C)C)C(C)C.CC[C@H](C)[C@@H]([C@@H](CC(=O)N1CCC[C@H]1[C@H](OC)[C@@H](C)C(=O)N[C@@H](Cc1ccccc1)C(=O)OC)OC)N(C)C(=O)[C@@H](N)C(C)C. The molecule has 2 saturated heterocycles. The number of esters is 2. The lowest BCUT2D eigenvalue weighted by Crippen LogP contribution is -2.56. The van der Waals surface area contributed by atoms with Crippen molar-refractivity contribution in [3.63, 3.8) is 0 Å². The first-order chi connectivity index (χ1) is 64.7. The number of carbonyl (C=O) groups is 14. The maximum Gasteiger partial charge on any atom is 0.410 e. The Kier molecular flexibility index (Phi) is 53.8. The fourth-order valence-electron chi connectivity index (χ4n) is 18.7. The van der Waals surface area contributed by atoms with Crippen LogP contribution in [0.4, 0.5) is 9.59 Å². The first-order valence-electron chi connectivity index (χ1n) is 49.7. The molecule has 20 atom stereocenters. The van der Waals surface area contributed by atoms with Crippen molar-refractivity contribution in [2.24, 2.45) is 70.8 Å². The van der Waals surface area contributed by atoms with Crippen molar-refractivity contribution >= 4 is 83.1 Å². The zero-order valence-corrected chi connectivity index (χ0v) is 91.0. The molecule has 139 heavy (non-hydrogen) atoms. The highest BCUT2D eigenvalue weighted by atomic mass is 16.6. The van der Waals surface area contributed by atoms with Gasteiger partial charge in [0.1, 0.15) is 41.4 Å². The minimum Gasteiger partial charge on any atom is -0.480 e. The molecule has 2 aromatic carbocycles. The Morgan fingerprint density at radius 2 is 0.777 bits per heavy atom. The lowest BCUT2D eigenvalue weighted by atomic mass is 9.83. The van der Waals surface area contributed by atoms with E-state index in [0.29, 0.717) is 51.6 Å². The molecule has 5 N–H and O–H groups in total. The number of benzene rings is 2. The quantitative estimate of drug-likeness (QED) is 0.0353. The van der Waals surface area contributed by atoms with Crippen LogP contribution in [0.1, 0.15) is 248 Å². The Morgan fingerprint density at radius 1 is 0.439 bits per heavy atom. The van der Waals surface area contributed by atoms with Crippen LogP contribution in [0, 0.1) is 65.1 Å². The minimum absolute atomic E-state index is 0.0306. The molecule has 2 fully saturated rings. The van der Waals surface area contributed by atoms with Gasteiger partial charge in [-0.25, -0.2) is 24.0 Å². The van der Waals surface area contributed by atoms with Crippen LogP contribution in [0.5, 0.6) is 0 Å². The molecule has 2 aromatic rings. The number of Topliss-reactive ketones (excluding diaryl/α,β-unsaturated/α-hetero) is 1. The molecule has 34 heteroatoms. The molecule has 2 aliphatic heterocycles. The Bertz CT molecular complexity index is 4180. The molecule has 0 unspecified atom stereocenters. The largest absolute Gasteiger partial charge is 0.480 e. The summed E-state index contributed by atoms with van der Waals surface area (Å²) in [5.74, 6) is -7.65. The average Bonchev–Trinajstić information content (AvgIpc) is 1.74. The maximum atomic E-state index is 14.8. The van der Waals surface area contributed by atoms with Gasteiger partial charge >= 0.3 is 30.1 Å². The molecular weight excluding hydrogens is 1780 g/mol. The van der Waals surface area contributed by atoms with Gasteiger partial charge in [0.05, 0.1) is 99.6 Å². The molecule has 0 aromatic heterocycles. The van der Waals surface area contributed by atoms with Gasteiger partial charge in [0, 0.05) is 109 Å². The number of hydrogen-bond donors (Lipinski definition) is 4. The first kappa shape index (κ1) is 126. The third-order valence-electron chi connectivity index (χ3n) is 26.9. The van der Waals surface area contributed by atoms with Crippen LogP contribution in [0.2, 0.25) is 0 Å². The van der Waals surface area contributed by atoms with Crippen LogP contribution in [0.25, 0.3) is 0 Å². The molecule has 34 nitrogen and oxygen atoms in total. The van der Waals surface area contributed by atoms with Gasteiger partial charge in [0.25, 0.3) is 0 Å². The zero-order valence-electron chi connectivity index (χ0n) is 91.0. The van der Waals surface area contributed by atoms with Gasteiger partial charge < -0.3 is 88.8 Å². The molecule has 0 spiro atoms. The summed E-state index contributed by atoms with van der Waals surface area (Å²) < 4.78 is 44.8. The minimum atomic E-state index is -1.06. The van der Waals surface area contributed by atoms with Gasteiger partial charge in [0.2, 0.25) is 47.3 Å². The standard InChI is InChI=1S/C53H89N5O11.C34H56N4O7.C18H34N2O5/c1-19-35(8)46(43(66-16)31-44(60)58-27-23-26-40(58)47(67-17)36(9)48(61)54-39(51(64)68-18)29-37-24-21-20-22-25-37)57(15)49(62)38(33(4)5)30-42(59)45(34(6)7)56(14)50(63)41(28-32(2)3)55(13)52(65)69-53(10,11)12;1-10-22(4)30(37(6)33(41)29(35)21(2)3)27(43-7)20-28(39)38-18-14-17-26(38)31(44-8)23(5)32(40)36-25(34(42)45-9)19-24-15-12-11-13-16-24;1-11(2)10-13(19(8)17(24)25-18(5,6)7)15(21)20(9)14(12(3)4)16(22)23/h20-22,24-25,32-36,38-41,43,45-47H,19,23,26-31H2,1-18H3,(H,54,61);11-13,15-16,21-23,25-27,29-31H,10,14,17-20,35H2,1-9H3,(H,36,40);11-14H,10H2,1-9H3,(H,22,23)/t35-,36+,38-,39-,40-,41-,43+,45-,46-,47+;22-,23+,25-,26-,27+,29-,30-,31+;13-,14-/m000/s1. The number of ether oxygens (including phenoxy) is 8. The number of methoxy groups -OCH3 is 6. The van der Waals surface area contributed by atoms with Crippen molar-refractivity contribution in [3.8, 4) is 0 Å². The number of ketones is 1. The predicted molar refractivity (Wildman–Crippen MR) is 536 cm³/mol. The van der Waals surface area contributed by atoms with E-state index < -0.39 is 150 Å². The molecular formula is C105H179N11O23. The zero-order chi connectivity index (χ0) is 107. The summed E-state index contributed by atoms with van der Waals surface area (Å²) in [6.07, 6.45) is 1.53. The van der Waals surface area contributed by atoms with E-state index in [-0.39, 0.29) is 133 Å². The van der Waals surface area contributed by atoms with Gasteiger partial charge in [0.15, 0.2) is 5.78 Å². The van der Waals surface area contributed by atoms with Gasteiger partial charge in [-0.1, -0.05) is 198 Å². The van der Waals surface area contributed by atoms with Crippen molar-refractivity contribution in [1.82, 2.24) is 49.8 Å². The Hall–Kier alpha value is -9.38. The molecule has 10 amide bonds. The highest BCUT2D eigenvalue weighted by Gasteiger charge is 2.49. The second kappa shape index (κ2) is 59.5. The second-order valence-corrected chi connectivity index (χ2v) is 42.1. The van der Waals surface area contributed by atoms with E-state index in [4.69, 9.17) is 43.6 Å². The van der Waals surface area contributed by atoms with E-state index in [1.807, 2.05) is 158 Å². The normalized spacial score (nSPS) is 17.9. The molecule has 0 aliphatic carbocycles. The van der Waals surface area contributed by atoms with Crippen LogP contribution in [-0.2, 0) is 108 Å². The summed E-state index contributed by atoms with van der Waals surface area (Å²) in [7, 11) is 18.2. The lowest BCUT2D eigenvalue weighted by Gasteiger charge is -2.41. The number of hydrogen-bond acceptors (Lipinski definition) is 23. The number of nitrogens with two attached hydrogens (primary N) is 1. The smallest absolute Gasteiger partial charge is 0.410 e. The summed E-state index contributed by atoms with van der Waals surface area (Å²) >= 11 is 0. The van der Waals surface area contributed by atoms with Crippen LogP contribution in [-0.4, -0.2) is 328 Å². The van der Waals surface area contributed by atoms with Crippen molar-refractivity contribution in [2.45, 2.75) is 352 Å². The summed E-state index contributed by atoms with van der Waals surface area (Å²) in [4.78, 5) is 200. The van der Waals surface area contributed by atoms with Crippen molar-refractivity contribution in [2.75, 3.05) is 98.0 Å². The van der Waals surface area contributed by atoms with E-state index in [0.717, 1.165) is 24.0 Å². The predicted octanol–water partition coefficient (Wildman–Crippen LogP) is 12.4. The number of carbonyl (C=O) groups excluding carboxylic acids is 13. The lowest BCUT2D eigenvalue weighted by molar-refractivity contribution is -0.153. The topological polar surface area (TPSA) is 409 Å². The highest BCUT2D eigenvalue weighted by Crippen LogP contribution is 2.35. The molecule has 0 radical (unpaired) electrons. The first-order valence-corrected chi connectivity index (χ1v) is 49.7. The van der Waals surface area contributed by atoms with E-state index in [1.165, 1.54) is 76.3 Å². The summed E-state index contributed by atoms with van der Waals surface area (Å²) in [6, 6.07) is 11.1. The summed E-state index contributed by atoms with van der Waals surface area (Å²) in [5.41, 5.74) is 6.51. The van der Waals surface area contributed by atoms with E-state index >= 15 is 0 Å². The van der Waals surface area contributed by atoms with Gasteiger partial charge in [-0.2, -0.15) is 0 Å². The Morgan fingerprint density at radius 3 is 1.06 bits per heavy atom. The molecule has 792 valence electrons. The highest BCUT2D eigenvalue weighted by molar-refractivity contribution is 5.95. The maximum absolute atomic E-state index is 14.8. The fourth-order valence-corrected chi connectivity index (χ4v) is 18.7. The monoisotopic (exact) mass is 1960 g/mol. The van der Waals surface area contributed by atoms with E-state index in [1.54, 1.807) is 117 Å². The van der Waals surface area contributed by atoms with Crippen molar-refractivity contribution < 1.29 is 110 Å². The number of rotatable bonds is 50. The van der Waals surface area contributed by atoms with Crippen LogP contribution < -0.4 is 16.4 Å². The third kappa shape index (κ3) is 38.1. The molecule has 2 aliphatic rings. The van der Waals surface area contributed by atoms with Gasteiger partial charge in [-0.15, -0.1) is 0 Å². The summed E-state index contributed by atoms with van der Waals surface area (Å²) in [6.45, 7) is 45.7. The Balaban J connectivity index is 0.000000793. The number of likely N-dealkylation sites (N-methyl/N-ethyl adjacent to an activating group) is 6. The number of likely N-dealkylation sites (tertiary alicyclic amines) is 2. The van der Waals surface area contributed by atoms with Gasteiger partial charge in [-0.3, -0.25) is 53.0 Å². The number of nitrogens with one attached hydrogen (secondary N) is 2. The van der Waals surface area contributed by atoms with Crippen molar-refractivity contribution in [3.05, 3.63) is 71.8 Å². The van der Waals surface area contributed by atoms with Crippen LogP contribution in [0.3, 0.4) is 0 Å². The molecule has 0 bridgehead atoms. The van der Waals surface area contributed by atoms with Crippen LogP contribution in [0.15, 0.2) is 60.7 Å². The molecule has 0 saturated carbocycles. The van der Waals surface area contributed by atoms with Crippen molar-refractivity contribution in [1.29, 1.82) is 0 Å². The summed E-state index contributed by atoms with van der Waals surface area (Å²) in [5, 5.41) is 15.1. The number of carboxylic acid groups (broad SMARTS) is 1. The third-order valence-corrected chi connectivity index (χ3v) is 26.9. The second-order valence-electron chi connectivity index (χ2n) is 42.1. The number of amides is 10. The van der Waals surface area contributed by atoms with Gasteiger partial charge in [-0.05, 0) is 139 Å². The van der Waals surface area contributed by atoms with E-state index in [2.05, 4.69) is 10.6 Å². The molecule has 2 heterocycles. The van der Waals surface area contributed by atoms with E-state index in [9.17, 15) is 72.2 Å². The van der Waals surface area contributed by atoms with Crippen LogP contribution >= 0.6 is 0 Å². The average molecular weight is 1960 g/mol. The number of carboxylic acids is 1. The number of aliphatic carboxylic acids is 1. The Labute approximate surface area is 831 Å².